The largest absolute Gasteiger partial charge is 0.337 e. The Kier molecular flexibility index (Phi) is 4.02. The number of carbonyl (C=O) groups is 1. The van der Waals surface area contributed by atoms with Crippen LogP contribution in [0.1, 0.15) is 18.1 Å². The Hall–Kier alpha value is -1.35. The molecule has 1 aromatic carbocycles. The summed E-state index contributed by atoms with van der Waals surface area (Å²) in [7, 11) is 2.11. The minimum atomic E-state index is 0.249. The second-order valence-electron chi connectivity index (χ2n) is 5.36. The molecule has 0 aromatic heterocycles. The van der Waals surface area contributed by atoms with Crippen molar-refractivity contribution in [3.63, 3.8) is 0 Å². The average molecular weight is 246 g/mol. The van der Waals surface area contributed by atoms with Gasteiger partial charge in [-0.2, -0.15) is 0 Å². The van der Waals surface area contributed by atoms with E-state index >= 15 is 0 Å². The molecular weight excluding hydrogens is 224 g/mol. The highest BCUT2D eigenvalue weighted by molar-refractivity contribution is 5.79. The second-order valence-corrected chi connectivity index (χ2v) is 5.36. The van der Waals surface area contributed by atoms with Gasteiger partial charge in [0.05, 0.1) is 6.42 Å². The topological polar surface area (TPSA) is 23.6 Å². The van der Waals surface area contributed by atoms with E-state index in [0.29, 0.717) is 12.5 Å². The Morgan fingerprint density at radius 2 is 1.94 bits per heavy atom. The highest BCUT2D eigenvalue weighted by Crippen LogP contribution is 2.11. The quantitative estimate of drug-likeness (QED) is 0.793. The van der Waals surface area contributed by atoms with Crippen LogP contribution in [0.15, 0.2) is 24.3 Å². The van der Waals surface area contributed by atoms with Crippen molar-refractivity contribution in [3.8, 4) is 0 Å². The van der Waals surface area contributed by atoms with E-state index in [1.807, 2.05) is 17.0 Å². The lowest BCUT2D eigenvalue weighted by atomic mass is 10.1. The Morgan fingerprint density at radius 1 is 1.28 bits per heavy atom. The van der Waals surface area contributed by atoms with E-state index in [1.165, 1.54) is 5.56 Å². The van der Waals surface area contributed by atoms with Gasteiger partial charge in [0.25, 0.3) is 0 Å². The lowest BCUT2D eigenvalue weighted by molar-refractivity contribution is -0.134. The van der Waals surface area contributed by atoms with Crippen LogP contribution in [0.25, 0.3) is 0 Å². The maximum atomic E-state index is 12.3. The molecule has 1 aliphatic heterocycles. The first-order valence-electron chi connectivity index (χ1n) is 6.60. The molecule has 0 aliphatic carbocycles. The molecule has 0 spiro atoms. The van der Waals surface area contributed by atoms with Gasteiger partial charge in [0.1, 0.15) is 0 Å². The van der Waals surface area contributed by atoms with Crippen LogP contribution < -0.4 is 0 Å². The zero-order valence-electron chi connectivity index (χ0n) is 11.5. The summed E-state index contributed by atoms with van der Waals surface area (Å²) in [5.74, 6) is 0.249. The van der Waals surface area contributed by atoms with E-state index in [4.69, 9.17) is 0 Å². The number of hydrogen-bond acceptors (Lipinski definition) is 2. The standard InChI is InChI=1S/C15H22N2O/c1-12-4-6-14(7-5-12)10-15(18)17-9-8-16(3)11-13(17)2/h4-7,13H,8-11H2,1-3H3. The maximum absolute atomic E-state index is 12.3. The first-order chi connectivity index (χ1) is 8.56. The molecule has 1 unspecified atom stereocenters. The minimum Gasteiger partial charge on any atom is -0.337 e. The van der Waals surface area contributed by atoms with E-state index in [1.54, 1.807) is 0 Å². The van der Waals surface area contributed by atoms with Crippen molar-refractivity contribution in [2.45, 2.75) is 26.3 Å². The molecule has 3 heteroatoms. The zero-order valence-corrected chi connectivity index (χ0v) is 11.5. The van der Waals surface area contributed by atoms with Crippen molar-refractivity contribution in [2.75, 3.05) is 26.7 Å². The van der Waals surface area contributed by atoms with Gasteiger partial charge in [-0.25, -0.2) is 0 Å². The third-order valence-electron chi connectivity index (χ3n) is 3.63. The summed E-state index contributed by atoms with van der Waals surface area (Å²) in [6, 6.07) is 8.55. The number of benzene rings is 1. The molecule has 0 saturated carbocycles. The first kappa shape index (κ1) is 13.1. The molecule has 0 bridgehead atoms. The number of aryl methyl sites for hydroxylation is 1. The van der Waals surface area contributed by atoms with E-state index in [2.05, 4.69) is 37.9 Å². The van der Waals surface area contributed by atoms with E-state index < -0.39 is 0 Å². The number of amides is 1. The van der Waals surface area contributed by atoms with Gasteiger partial charge in [-0.3, -0.25) is 4.79 Å². The maximum Gasteiger partial charge on any atom is 0.227 e. The molecule has 18 heavy (non-hydrogen) atoms. The zero-order chi connectivity index (χ0) is 13.1. The highest BCUT2D eigenvalue weighted by Gasteiger charge is 2.25. The predicted molar refractivity (Wildman–Crippen MR) is 73.6 cm³/mol. The monoisotopic (exact) mass is 246 g/mol. The van der Waals surface area contributed by atoms with Crippen LogP contribution in [0.5, 0.6) is 0 Å². The third kappa shape index (κ3) is 3.10. The van der Waals surface area contributed by atoms with Gasteiger partial charge in [0.15, 0.2) is 0 Å². The smallest absolute Gasteiger partial charge is 0.227 e. The van der Waals surface area contributed by atoms with Crippen molar-refractivity contribution in [1.82, 2.24) is 9.80 Å². The van der Waals surface area contributed by atoms with E-state index in [-0.39, 0.29) is 5.91 Å². The molecule has 1 amide bonds. The van der Waals surface area contributed by atoms with Crippen LogP contribution in [0.4, 0.5) is 0 Å². The van der Waals surface area contributed by atoms with Crippen molar-refractivity contribution in [3.05, 3.63) is 35.4 Å². The minimum absolute atomic E-state index is 0.249. The fraction of sp³-hybridized carbons (Fsp3) is 0.533. The van der Waals surface area contributed by atoms with Crippen molar-refractivity contribution >= 4 is 5.91 Å². The van der Waals surface area contributed by atoms with Crippen LogP contribution in [0.3, 0.4) is 0 Å². The second kappa shape index (κ2) is 5.53. The summed E-state index contributed by atoms with van der Waals surface area (Å²) in [5, 5.41) is 0. The van der Waals surface area contributed by atoms with Gasteiger partial charge in [-0.05, 0) is 26.5 Å². The molecule has 2 rings (SSSR count). The van der Waals surface area contributed by atoms with Crippen molar-refractivity contribution in [1.29, 1.82) is 0 Å². The average Bonchev–Trinajstić information content (AvgIpc) is 2.32. The van der Waals surface area contributed by atoms with E-state index in [0.717, 1.165) is 25.2 Å². The Morgan fingerprint density at radius 3 is 2.56 bits per heavy atom. The number of piperazine rings is 1. The summed E-state index contributed by atoms with van der Waals surface area (Å²) in [5.41, 5.74) is 2.34. The fourth-order valence-corrected chi connectivity index (χ4v) is 2.49. The molecule has 98 valence electrons. The highest BCUT2D eigenvalue weighted by atomic mass is 16.2. The van der Waals surface area contributed by atoms with Crippen LogP contribution in [-0.2, 0) is 11.2 Å². The number of nitrogens with zero attached hydrogens (tertiary/aromatic N) is 2. The molecule has 1 heterocycles. The van der Waals surface area contributed by atoms with Gasteiger partial charge in [-0.1, -0.05) is 29.8 Å². The van der Waals surface area contributed by atoms with Gasteiger partial charge in [-0.15, -0.1) is 0 Å². The van der Waals surface area contributed by atoms with Gasteiger partial charge < -0.3 is 9.80 Å². The van der Waals surface area contributed by atoms with Crippen LogP contribution in [-0.4, -0.2) is 48.4 Å². The lowest BCUT2D eigenvalue weighted by Crippen LogP contribution is -2.53. The molecule has 1 aliphatic rings. The van der Waals surface area contributed by atoms with Crippen molar-refractivity contribution < 1.29 is 4.79 Å². The number of carbonyl (C=O) groups excluding carboxylic acids is 1. The molecule has 1 atom stereocenters. The summed E-state index contributed by atoms with van der Waals surface area (Å²) in [4.78, 5) is 16.6. The van der Waals surface area contributed by atoms with Crippen LogP contribution >= 0.6 is 0 Å². The van der Waals surface area contributed by atoms with E-state index in [9.17, 15) is 4.79 Å². The van der Waals surface area contributed by atoms with Gasteiger partial charge in [0.2, 0.25) is 5.91 Å². The van der Waals surface area contributed by atoms with Gasteiger partial charge >= 0.3 is 0 Å². The molecule has 1 saturated heterocycles. The molecule has 3 nitrogen and oxygen atoms in total. The van der Waals surface area contributed by atoms with Gasteiger partial charge in [0, 0.05) is 25.7 Å². The Bertz CT molecular complexity index is 413. The summed E-state index contributed by atoms with van der Waals surface area (Å²) in [6.45, 7) is 6.99. The number of likely N-dealkylation sites (N-methyl/N-ethyl adjacent to an activating group) is 1. The summed E-state index contributed by atoms with van der Waals surface area (Å²) >= 11 is 0. The Labute approximate surface area is 109 Å². The lowest BCUT2D eigenvalue weighted by Gasteiger charge is -2.38. The fourth-order valence-electron chi connectivity index (χ4n) is 2.49. The summed E-state index contributed by atoms with van der Waals surface area (Å²) in [6.07, 6.45) is 0.522. The Balaban J connectivity index is 1.97. The van der Waals surface area contributed by atoms with Crippen LogP contribution in [0, 0.1) is 6.92 Å². The molecular formula is C15H22N2O. The predicted octanol–water partition coefficient (Wildman–Crippen LogP) is 1.70. The molecule has 0 N–H and O–H groups in total. The molecule has 1 fully saturated rings. The summed E-state index contributed by atoms with van der Waals surface area (Å²) < 4.78 is 0. The SMILES string of the molecule is Cc1ccc(CC(=O)N2CCN(C)CC2C)cc1. The number of rotatable bonds is 2. The molecule has 1 aromatic rings. The first-order valence-corrected chi connectivity index (χ1v) is 6.60. The third-order valence-corrected chi connectivity index (χ3v) is 3.63. The number of hydrogen-bond donors (Lipinski definition) is 0. The van der Waals surface area contributed by atoms with Crippen LogP contribution in [0.2, 0.25) is 0 Å². The van der Waals surface area contributed by atoms with Crippen molar-refractivity contribution in [2.24, 2.45) is 0 Å². The normalized spacial score (nSPS) is 21.1. The molecule has 0 radical (unpaired) electrons.